The zero-order valence-electron chi connectivity index (χ0n) is 19.2. The van der Waals surface area contributed by atoms with E-state index in [-0.39, 0.29) is 18.2 Å². The lowest BCUT2D eigenvalue weighted by Crippen LogP contribution is -2.56. The summed E-state index contributed by atoms with van der Waals surface area (Å²) in [5.74, 6) is -0.552. The van der Waals surface area contributed by atoms with Crippen LogP contribution in [0, 0.1) is 0 Å². The first-order valence-corrected chi connectivity index (χ1v) is 11.5. The summed E-state index contributed by atoms with van der Waals surface area (Å²) in [5.41, 5.74) is 2.20. The maximum absolute atomic E-state index is 12.8. The van der Waals surface area contributed by atoms with Crippen molar-refractivity contribution in [3.8, 4) is 0 Å². The molecule has 2 aliphatic heterocycles. The van der Waals surface area contributed by atoms with Gasteiger partial charge in [0.1, 0.15) is 6.04 Å². The van der Waals surface area contributed by atoms with E-state index in [1.54, 1.807) is 31.2 Å². The molecule has 2 aromatic rings. The van der Waals surface area contributed by atoms with Crippen molar-refractivity contribution in [2.24, 2.45) is 4.99 Å². The van der Waals surface area contributed by atoms with Crippen molar-refractivity contribution >= 4 is 29.4 Å². The van der Waals surface area contributed by atoms with E-state index in [0.29, 0.717) is 23.8 Å². The number of hydrogen-bond donors (Lipinski definition) is 2. The van der Waals surface area contributed by atoms with Gasteiger partial charge in [-0.25, -0.2) is 9.79 Å². The zero-order chi connectivity index (χ0) is 23.9. The highest BCUT2D eigenvalue weighted by Gasteiger charge is 2.30. The first kappa shape index (κ1) is 23.4. The van der Waals surface area contributed by atoms with E-state index < -0.39 is 12.0 Å². The number of piperazine rings is 1. The molecule has 0 aliphatic carbocycles. The average molecular weight is 464 g/mol. The molecule has 4 rings (SSSR count). The number of benzene rings is 2. The number of aliphatic imine (C=N–C) groups is 1. The van der Waals surface area contributed by atoms with Crippen LogP contribution < -0.4 is 10.6 Å². The summed E-state index contributed by atoms with van der Waals surface area (Å²) in [7, 11) is 0. The van der Waals surface area contributed by atoms with Crippen molar-refractivity contribution in [2.75, 3.05) is 38.1 Å². The van der Waals surface area contributed by atoms with Gasteiger partial charge in [-0.2, -0.15) is 0 Å². The molecule has 1 atom stereocenters. The summed E-state index contributed by atoms with van der Waals surface area (Å²) >= 11 is 0. The van der Waals surface area contributed by atoms with Gasteiger partial charge < -0.3 is 15.0 Å². The molecular weight excluding hydrogens is 434 g/mol. The van der Waals surface area contributed by atoms with Crippen LogP contribution in [0.2, 0.25) is 0 Å². The zero-order valence-corrected chi connectivity index (χ0v) is 19.2. The summed E-state index contributed by atoms with van der Waals surface area (Å²) < 4.78 is 4.97. The van der Waals surface area contributed by atoms with Gasteiger partial charge in [-0.05, 0) is 36.8 Å². The highest BCUT2D eigenvalue weighted by atomic mass is 16.5. The first-order valence-electron chi connectivity index (χ1n) is 11.5. The maximum atomic E-state index is 12.8. The van der Waals surface area contributed by atoms with E-state index in [4.69, 9.17) is 4.74 Å². The molecule has 1 saturated heterocycles. The van der Waals surface area contributed by atoms with Crippen LogP contribution in [0.1, 0.15) is 29.3 Å². The van der Waals surface area contributed by atoms with Crippen molar-refractivity contribution in [3.05, 3.63) is 65.7 Å². The molecule has 2 heterocycles. The highest BCUT2D eigenvalue weighted by molar-refractivity contribution is 6.06. The Morgan fingerprint density at radius 3 is 2.44 bits per heavy atom. The van der Waals surface area contributed by atoms with Crippen LogP contribution in [-0.2, 0) is 20.9 Å². The van der Waals surface area contributed by atoms with Gasteiger partial charge in [0.25, 0.3) is 0 Å². The van der Waals surface area contributed by atoms with E-state index in [2.05, 4.69) is 32.7 Å². The van der Waals surface area contributed by atoms with Crippen LogP contribution in [0.25, 0.3) is 0 Å². The topological polar surface area (TPSA) is 103 Å². The van der Waals surface area contributed by atoms with Crippen LogP contribution in [-0.4, -0.2) is 72.4 Å². The number of nitrogens with zero attached hydrogens (tertiary/aromatic N) is 3. The average Bonchev–Trinajstić information content (AvgIpc) is 2.85. The fourth-order valence-electron chi connectivity index (χ4n) is 3.98. The predicted molar refractivity (Wildman–Crippen MR) is 128 cm³/mol. The van der Waals surface area contributed by atoms with Crippen LogP contribution in [0.15, 0.2) is 59.6 Å². The molecule has 1 fully saturated rings. The van der Waals surface area contributed by atoms with Crippen LogP contribution in [0.4, 0.5) is 5.69 Å². The number of esters is 1. The Morgan fingerprint density at radius 2 is 1.76 bits per heavy atom. The largest absolute Gasteiger partial charge is 0.462 e. The molecule has 2 aromatic carbocycles. The Kier molecular flexibility index (Phi) is 7.54. The Bertz CT molecular complexity index is 1050. The lowest BCUT2D eigenvalue weighted by Gasteiger charge is -2.37. The van der Waals surface area contributed by atoms with Crippen molar-refractivity contribution in [3.63, 3.8) is 0 Å². The van der Waals surface area contributed by atoms with Gasteiger partial charge in [0, 0.05) is 38.4 Å². The number of ether oxygens (including phenoxy) is 1. The van der Waals surface area contributed by atoms with Gasteiger partial charge >= 0.3 is 5.97 Å². The van der Waals surface area contributed by atoms with Crippen molar-refractivity contribution in [2.45, 2.75) is 25.9 Å². The van der Waals surface area contributed by atoms with E-state index in [9.17, 15) is 14.4 Å². The number of carbonyl (C=O) groups excluding carboxylic acids is 3. The van der Waals surface area contributed by atoms with Gasteiger partial charge in [-0.3, -0.25) is 19.8 Å². The molecular formula is C25H29N5O4. The highest BCUT2D eigenvalue weighted by Crippen LogP contribution is 2.15. The van der Waals surface area contributed by atoms with Crippen LogP contribution in [0.5, 0.6) is 0 Å². The van der Waals surface area contributed by atoms with Gasteiger partial charge in [0.05, 0.1) is 18.6 Å². The monoisotopic (exact) mass is 463 g/mol. The minimum absolute atomic E-state index is 0.00971. The Hall–Kier alpha value is -3.72. The standard InChI is InChI=1S/C25H29N5O4/c1-2-34-24(33)19-8-10-20(11-9-19)26-23(32)21-16-22(31)28-25(27-21)30-14-12-29(13-15-30)17-18-6-4-3-5-7-18/h3-11,21H,2,12-17H2,1H3,(H,26,32)(H,27,28,31). The molecule has 2 N–H and O–H groups in total. The molecule has 0 saturated carbocycles. The van der Waals surface area contributed by atoms with Gasteiger partial charge in [0.15, 0.2) is 0 Å². The normalized spacial score (nSPS) is 18.6. The lowest BCUT2D eigenvalue weighted by atomic mass is 10.1. The van der Waals surface area contributed by atoms with Gasteiger partial charge in [0.2, 0.25) is 17.8 Å². The molecule has 9 heteroatoms. The number of anilines is 1. The van der Waals surface area contributed by atoms with Gasteiger partial charge in [-0.15, -0.1) is 0 Å². The Morgan fingerprint density at radius 1 is 1.06 bits per heavy atom. The number of carbonyl (C=O) groups is 3. The molecule has 2 amide bonds. The van der Waals surface area contributed by atoms with E-state index in [0.717, 1.165) is 32.7 Å². The molecule has 9 nitrogen and oxygen atoms in total. The second-order valence-electron chi connectivity index (χ2n) is 8.26. The SMILES string of the molecule is CCOC(=O)c1ccc(NC(=O)C2CC(=O)NC(N3CCN(Cc4ccccc4)CC3)=N2)cc1. The Balaban J connectivity index is 1.34. The third-order valence-electron chi connectivity index (χ3n) is 5.80. The summed E-state index contributed by atoms with van der Waals surface area (Å²) in [5, 5.41) is 5.60. The second-order valence-corrected chi connectivity index (χ2v) is 8.26. The fourth-order valence-corrected chi connectivity index (χ4v) is 3.98. The second kappa shape index (κ2) is 10.9. The third-order valence-corrected chi connectivity index (χ3v) is 5.80. The lowest BCUT2D eigenvalue weighted by molar-refractivity contribution is -0.125. The van der Waals surface area contributed by atoms with E-state index in [1.807, 2.05) is 23.1 Å². The Labute approximate surface area is 198 Å². The maximum Gasteiger partial charge on any atom is 0.338 e. The number of rotatable bonds is 6. The fraction of sp³-hybridized carbons (Fsp3) is 0.360. The van der Waals surface area contributed by atoms with Crippen LogP contribution >= 0.6 is 0 Å². The molecule has 0 radical (unpaired) electrons. The summed E-state index contributed by atoms with van der Waals surface area (Å²) in [6.45, 7) is 6.04. The minimum Gasteiger partial charge on any atom is -0.462 e. The quantitative estimate of drug-likeness (QED) is 0.634. The molecule has 0 spiro atoms. The molecule has 34 heavy (non-hydrogen) atoms. The van der Waals surface area contributed by atoms with E-state index in [1.165, 1.54) is 5.56 Å². The first-order chi connectivity index (χ1) is 16.5. The molecule has 1 unspecified atom stereocenters. The summed E-state index contributed by atoms with van der Waals surface area (Å²) in [4.78, 5) is 45.8. The molecule has 2 aliphatic rings. The molecule has 178 valence electrons. The molecule has 0 bridgehead atoms. The van der Waals surface area contributed by atoms with Crippen LogP contribution in [0.3, 0.4) is 0 Å². The van der Waals surface area contributed by atoms with Gasteiger partial charge in [-0.1, -0.05) is 30.3 Å². The smallest absolute Gasteiger partial charge is 0.338 e. The molecule has 0 aromatic heterocycles. The van der Waals surface area contributed by atoms with Crippen molar-refractivity contribution < 1.29 is 19.1 Å². The number of guanidine groups is 1. The van der Waals surface area contributed by atoms with Crippen molar-refractivity contribution in [1.29, 1.82) is 0 Å². The summed E-state index contributed by atoms with van der Waals surface area (Å²) in [6, 6.07) is 15.9. The number of amides is 2. The predicted octanol–water partition coefficient (Wildman–Crippen LogP) is 1.86. The van der Waals surface area contributed by atoms with E-state index >= 15 is 0 Å². The summed E-state index contributed by atoms with van der Waals surface area (Å²) in [6.07, 6.45) is -0.00971. The minimum atomic E-state index is -0.809. The van der Waals surface area contributed by atoms with Crippen molar-refractivity contribution in [1.82, 2.24) is 15.1 Å². The number of hydrogen-bond acceptors (Lipinski definition) is 7. The third kappa shape index (κ3) is 5.99. The number of nitrogens with one attached hydrogen (secondary N) is 2.